The summed E-state index contributed by atoms with van der Waals surface area (Å²) in [6.07, 6.45) is -14.2. The van der Waals surface area contributed by atoms with Gasteiger partial charge in [-0.05, 0) is 225 Å². The number of halogens is 3. The average molecular weight is 1890 g/mol. The number of hydrogen-bond donors (Lipinski definition) is 8. The highest BCUT2D eigenvalue weighted by Gasteiger charge is 2.43. The van der Waals surface area contributed by atoms with Crippen molar-refractivity contribution in [2.75, 3.05) is 92.7 Å². The number of aliphatic hydroxyl groups is 3. The number of fused-ring (bicyclic) bond motifs is 3. The molecule has 3 saturated heterocycles. The van der Waals surface area contributed by atoms with E-state index in [2.05, 4.69) is 25.6 Å². The molecule has 37 nitrogen and oxygen atoms in total. The number of rotatable bonds is 19. The number of alkyl halides is 3. The third-order valence-corrected chi connectivity index (χ3v) is 18.6. The summed E-state index contributed by atoms with van der Waals surface area (Å²) in [5.41, 5.74) is 12.2. The van der Waals surface area contributed by atoms with Gasteiger partial charge in [0.1, 0.15) is 45.5 Å². The molecule has 10 N–H and O–H groups in total. The Kier molecular flexibility index (Phi) is 41.7. The number of carbonyl (C=O) groups is 11. The Balaban J connectivity index is 0.000000378. The van der Waals surface area contributed by atoms with E-state index in [-0.39, 0.29) is 73.4 Å². The molecule has 9 amide bonds. The van der Waals surface area contributed by atoms with Crippen molar-refractivity contribution in [3.05, 3.63) is 181 Å². The predicted molar refractivity (Wildman–Crippen MR) is 500 cm³/mol. The third-order valence-electron chi connectivity index (χ3n) is 18.6. The molecule has 3 aliphatic heterocycles. The van der Waals surface area contributed by atoms with Crippen molar-refractivity contribution in [3.63, 3.8) is 0 Å². The van der Waals surface area contributed by atoms with Crippen molar-refractivity contribution in [2.24, 2.45) is 0 Å². The SMILES string of the molecule is C.C.C.C.CC(C)(C)OC(=O)N(C(=O)OC(C)(C)C)c1nccc2cc(N)ccc12.COc1ccc(CN2CCO[C@H]([C@@H](O)C(=O)Nc3ccc4c(N(C(=O)OC(C)(C)C)C(=O)OC(C)(C)C)nccc4c3)C2=O)cc1.COc1ccc(CN2CCO[C@H]([C@@H](O)C(=O)Nc3ccc4c(N)nccc4c3)C2=O)cc1.COc1ccc(CN2CCO[C@H]([C@@H](O)C(=O)O)C2=O)cc1.O=CC(F)(F)F. The number of carboxylic acid groups (broad SMARTS) is 1. The van der Waals surface area contributed by atoms with E-state index in [9.17, 15) is 76.4 Å². The molecule has 135 heavy (non-hydrogen) atoms. The van der Waals surface area contributed by atoms with E-state index in [0.717, 1.165) is 48.4 Å². The first kappa shape index (κ1) is 113. The fourth-order valence-corrected chi connectivity index (χ4v) is 12.6. The van der Waals surface area contributed by atoms with Gasteiger partial charge >= 0.3 is 36.5 Å². The standard InChI is InChI=1S/C33H40N4O9.C23H24N4O5.C19H25N3O4.C14H17NO6.C2HF3O.4CH4/c1-32(2,3)45-30(41)37(31(42)46-33(4,5)6)27-24-13-10-22(18-21(24)14-15-34-27)35-28(39)25(38)26-29(40)36(16-17-44-26)19-20-8-11-23(43-7)12-9-20;1-31-17-5-2-14(3-6-17)13-27-10-11-32-20(23(27)30)19(28)22(29)26-16-4-7-18-15(12-16)8-9-25-21(18)24;1-18(2,3)25-16(23)22(17(24)26-19(4,5)6)15-14-8-7-13(20)11-12(14)9-10-21-15;1-20-10-4-2-9(3-5-10)8-15-6-7-21-12(13(15)17)11(16)14(18)19;3-2(4,5)1-6;;;;/h8-15,18,25-26,38H,16-17,19H2,1-7H3,(H,35,39);2-9,12,19-20,28H,10-11,13H2,1H3,(H2,24,25)(H,26,29);7-11H,20H2,1-6H3;2-5,11-12,16H,6-8H2,1H3,(H,18,19);1H;4*1H4/t25-,26-;19-,20-;;11-,12-;;;;;/m11.1...../s1. The zero-order valence-electron chi connectivity index (χ0n) is 74.7. The van der Waals surface area contributed by atoms with Crippen LogP contribution < -0.4 is 46.1 Å². The molecule has 6 heterocycles. The van der Waals surface area contributed by atoms with E-state index in [0.29, 0.717) is 77.6 Å². The van der Waals surface area contributed by atoms with Crippen molar-refractivity contribution in [2.45, 2.75) is 198 Å². The van der Waals surface area contributed by atoms with Gasteiger partial charge in [0.25, 0.3) is 29.5 Å². The second-order valence-electron chi connectivity index (χ2n) is 33.4. The number of methoxy groups -OCH3 is 3. The number of anilines is 6. The highest BCUT2D eigenvalue weighted by atomic mass is 19.4. The maximum absolute atomic E-state index is 13.2. The second kappa shape index (κ2) is 49.7. The van der Waals surface area contributed by atoms with Crippen molar-refractivity contribution in [3.8, 4) is 17.2 Å². The first-order chi connectivity index (χ1) is 61.5. The number of imide groups is 2. The molecule has 6 atom stereocenters. The zero-order valence-corrected chi connectivity index (χ0v) is 74.7. The Labute approximate surface area is 781 Å². The molecule has 6 aromatic carbocycles. The Morgan fingerprint density at radius 2 is 0.726 bits per heavy atom. The van der Waals surface area contributed by atoms with Crippen LogP contribution in [0.2, 0.25) is 0 Å². The van der Waals surface area contributed by atoms with Gasteiger partial charge in [-0.15, -0.1) is 0 Å². The van der Waals surface area contributed by atoms with E-state index in [1.165, 1.54) is 28.3 Å². The van der Waals surface area contributed by atoms with Crippen LogP contribution in [0.3, 0.4) is 0 Å². The van der Waals surface area contributed by atoms with Crippen LogP contribution >= 0.6 is 0 Å². The second-order valence-corrected chi connectivity index (χ2v) is 33.4. The minimum Gasteiger partial charge on any atom is -0.497 e. The predicted octanol–water partition coefficient (Wildman–Crippen LogP) is 13.9. The maximum atomic E-state index is 13.2. The van der Waals surface area contributed by atoms with Crippen LogP contribution in [0.4, 0.5) is 66.9 Å². The average Bonchev–Trinajstić information content (AvgIpc) is 0.779. The maximum Gasteiger partial charge on any atom is 0.446 e. The largest absolute Gasteiger partial charge is 0.497 e. The number of nitrogens with zero attached hydrogens (tertiary/aromatic N) is 8. The van der Waals surface area contributed by atoms with Crippen molar-refractivity contribution < 1.29 is 134 Å². The van der Waals surface area contributed by atoms with Crippen molar-refractivity contribution >= 4 is 133 Å². The summed E-state index contributed by atoms with van der Waals surface area (Å²) in [6.45, 7) is 22.9. The minimum absolute atomic E-state index is 0. The first-order valence-electron chi connectivity index (χ1n) is 40.7. The third kappa shape index (κ3) is 33.3. The summed E-state index contributed by atoms with van der Waals surface area (Å²) in [7, 11) is 4.72. The van der Waals surface area contributed by atoms with Gasteiger partial charge in [-0.25, -0.2) is 38.9 Å². The van der Waals surface area contributed by atoms with Gasteiger partial charge in [0.15, 0.2) is 48.3 Å². The van der Waals surface area contributed by atoms with Gasteiger partial charge in [-0.1, -0.05) is 66.1 Å². The minimum atomic E-state index is -4.64. The number of aliphatic carboxylic acids is 1. The van der Waals surface area contributed by atoms with E-state index in [1.54, 1.807) is 207 Å². The molecule has 3 aromatic heterocycles. The van der Waals surface area contributed by atoms with Gasteiger partial charge in [0.05, 0.1) is 41.2 Å². The number of benzene rings is 6. The normalized spacial score (nSPS) is 15.5. The summed E-state index contributed by atoms with van der Waals surface area (Å²) in [5.74, 6) is -1.90. The topological polar surface area (TPSA) is 492 Å². The number of aliphatic hydroxyl groups excluding tert-OH is 3. The molecule has 12 rings (SSSR count). The molecule has 3 fully saturated rings. The number of aromatic nitrogens is 3. The highest BCUT2D eigenvalue weighted by Crippen LogP contribution is 2.34. The zero-order chi connectivity index (χ0) is 96.8. The van der Waals surface area contributed by atoms with E-state index < -0.39 is 131 Å². The molecule has 0 saturated carbocycles. The molecule has 0 unspecified atom stereocenters. The van der Waals surface area contributed by atoms with Crippen LogP contribution in [0.25, 0.3) is 32.3 Å². The van der Waals surface area contributed by atoms with E-state index in [1.807, 2.05) is 48.5 Å². The number of aldehydes is 1. The fraction of sp³-hybridized carbons (Fsp3) is 0.411. The number of hydrogen-bond acceptors (Lipinski definition) is 29. The number of nitrogens with two attached hydrogens (primary N) is 2. The van der Waals surface area contributed by atoms with E-state index >= 15 is 0 Å². The lowest BCUT2D eigenvalue weighted by molar-refractivity contribution is -0.175. The van der Waals surface area contributed by atoms with Crippen LogP contribution in [-0.4, -0.2) is 242 Å². The van der Waals surface area contributed by atoms with Gasteiger partial charge in [0.2, 0.25) is 6.29 Å². The van der Waals surface area contributed by atoms with Crippen molar-refractivity contribution in [1.29, 1.82) is 0 Å². The summed E-state index contributed by atoms with van der Waals surface area (Å²) >= 11 is 0. The van der Waals surface area contributed by atoms with Gasteiger partial charge in [0, 0.05) is 91.1 Å². The number of nitrogen functional groups attached to an aromatic ring is 2. The number of pyridine rings is 3. The lowest BCUT2D eigenvalue weighted by atomic mass is 10.1. The monoisotopic (exact) mass is 1890 g/mol. The highest BCUT2D eigenvalue weighted by molar-refractivity contribution is 6.15. The van der Waals surface area contributed by atoms with Crippen LogP contribution in [0.5, 0.6) is 17.2 Å². The molecular formula is C95H123F3N12O25. The molecule has 0 radical (unpaired) electrons. The van der Waals surface area contributed by atoms with Crippen LogP contribution in [0, 0.1) is 0 Å². The first-order valence-corrected chi connectivity index (χ1v) is 40.7. The Morgan fingerprint density at radius 1 is 0.444 bits per heavy atom. The molecule has 0 spiro atoms. The smallest absolute Gasteiger partial charge is 0.446 e. The molecule has 0 bridgehead atoms. The number of carbonyl (C=O) groups excluding carboxylic acids is 10. The van der Waals surface area contributed by atoms with Crippen LogP contribution in [-0.2, 0) is 86.4 Å². The number of morpholine rings is 3. The lowest BCUT2D eigenvalue weighted by Crippen LogP contribution is -2.54. The number of amides is 9. The van der Waals surface area contributed by atoms with E-state index in [4.69, 9.17) is 68.7 Å². The Morgan fingerprint density at radius 3 is 1.02 bits per heavy atom. The molecule has 3 aliphatic rings. The van der Waals surface area contributed by atoms with Crippen LogP contribution in [0.15, 0.2) is 164 Å². The Bertz CT molecular complexity index is 5480. The quantitative estimate of drug-likeness (QED) is 0.0212. The number of nitrogens with one attached hydrogen (secondary N) is 2. The summed E-state index contributed by atoms with van der Waals surface area (Å²) in [4.78, 5) is 154. The summed E-state index contributed by atoms with van der Waals surface area (Å²) < 4.78 is 84.4. The number of ether oxygens (including phenoxy) is 10. The van der Waals surface area contributed by atoms with Gasteiger partial charge in [-0.2, -0.15) is 23.0 Å². The van der Waals surface area contributed by atoms with Crippen LogP contribution in [0.1, 0.15) is 129 Å². The van der Waals surface area contributed by atoms with Gasteiger partial charge < -0.3 is 105 Å². The summed E-state index contributed by atoms with van der Waals surface area (Å²) in [6, 6.07) is 41.8. The summed E-state index contributed by atoms with van der Waals surface area (Å²) in [5, 5.41) is 48.7. The fourth-order valence-electron chi connectivity index (χ4n) is 12.6. The molecule has 40 heteroatoms. The van der Waals surface area contributed by atoms with Gasteiger partial charge in [-0.3, -0.25) is 28.8 Å². The molecule has 9 aromatic rings. The molecule has 734 valence electrons. The number of carboxylic acids is 1. The molecule has 0 aliphatic carbocycles. The van der Waals surface area contributed by atoms with Crippen molar-refractivity contribution in [1.82, 2.24) is 29.7 Å². The lowest BCUT2D eigenvalue weighted by Gasteiger charge is -2.34. The molecular weight excluding hydrogens is 1770 g/mol. The Hall–Kier alpha value is -13.9.